The molecule has 0 bridgehead atoms. The van der Waals surface area contributed by atoms with Crippen LogP contribution in [0.1, 0.15) is 37.7 Å². The van der Waals surface area contributed by atoms with E-state index < -0.39 is 5.92 Å². The van der Waals surface area contributed by atoms with Crippen LogP contribution in [0.4, 0.5) is 8.78 Å². The molecule has 107 valence electrons. The number of benzene rings is 2. The molecule has 0 spiro atoms. The van der Waals surface area contributed by atoms with Crippen molar-refractivity contribution in [2.45, 2.75) is 44.4 Å². The van der Waals surface area contributed by atoms with Crippen LogP contribution in [0.2, 0.25) is 0 Å². The Morgan fingerprint density at radius 3 is 2.45 bits per heavy atom. The highest BCUT2D eigenvalue weighted by Gasteiger charge is 2.28. The van der Waals surface area contributed by atoms with Gasteiger partial charge >= 0.3 is 0 Å². The molecule has 0 heterocycles. The van der Waals surface area contributed by atoms with E-state index in [2.05, 4.69) is 6.92 Å². The molecule has 0 saturated heterocycles. The lowest BCUT2D eigenvalue weighted by atomic mass is 9.97. The molecule has 0 aliphatic carbocycles. The average molecular weight is 275 g/mol. The summed E-state index contributed by atoms with van der Waals surface area (Å²) in [6.07, 6.45) is 2.98. The fourth-order valence-electron chi connectivity index (χ4n) is 2.55. The van der Waals surface area contributed by atoms with Gasteiger partial charge in [0.2, 0.25) is 0 Å². The van der Waals surface area contributed by atoms with E-state index in [1.807, 2.05) is 42.5 Å². The predicted octanol–water partition coefficient (Wildman–Crippen LogP) is 5.80. The first-order chi connectivity index (χ1) is 9.62. The zero-order valence-corrected chi connectivity index (χ0v) is 11.7. The monoisotopic (exact) mass is 275 g/mol. The maximum atomic E-state index is 14.0. The Kier molecular flexibility index (Phi) is 5.11. The first-order valence-electron chi connectivity index (χ1n) is 7.26. The fraction of sp³-hybridized carbons (Fsp3) is 0.389. The molecule has 2 heteroatoms. The van der Waals surface area contributed by atoms with Crippen LogP contribution in [0, 0.1) is 6.92 Å². The molecule has 0 amide bonds. The summed E-state index contributed by atoms with van der Waals surface area (Å²) in [6.45, 7) is 3.73. The van der Waals surface area contributed by atoms with E-state index in [1.54, 1.807) is 0 Å². The zero-order chi connectivity index (χ0) is 14.4. The maximum absolute atomic E-state index is 14.0. The van der Waals surface area contributed by atoms with Gasteiger partial charge in [0.15, 0.2) is 0 Å². The molecule has 20 heavy (non-hydrogen) atoms. The smallest absolute Gasteiger partial charge is 0.207 e. The van der Waals surface area contributed by atoms with E-state index in [-0.39, 0.29) is 12.8 Å². The molecule has 2 aromatic rings. The summed E-state index contributed by atoms with van der Waals surface area (Å²) in [5, 5.41) is 1.96. The first kappa shape index (κ1) is 15.0. The molecular formula is C18H21F2. The molecule has 0 N–H and O–H groups in total. The lowest BCUT2D eigenvalue weighted by Crippen LogP contribution is -2.19. The molecule has 0 unspecified atom stereocenters. The highest BCUT2D eigenvalue weighted by atomic mass is 19.3. The van der Waals surface area contributed by atoms with E-state index in [9.17, 15) is 8.78 Å². The predicted molar refractivity (Wildman–Crippen MR) is 81.0 cm³/mol. The van der Waals surface area contributed by atoms with Crippen molar-refractivity contribution in [2.75, 3.05) is 0 Å². The Balaban J connectivity index is 2.07. The summed E-state index contributed by atoms with van der Waals surface area (Å²) in [6, 6.07) is 13.4. The first-order valence-corrected chi connectivity index (χ1v) is 7.26. The molecule has 0 aromatic heterocycles. The fourth-order valence-corrected chi connectivity index (χ4v) is 2.55. The van der Waals surface area contributed by atoms with E-state index in [0.717, 1.165) is 35.6 Å². The number of unbranched alkanes of at least 4 members (excludes halogenated alkanes) is 3. The summed E-state index contributed by atoms with van der Waals surface area (Å²) in [5.41, 5.74) is 0.741. The van der Waals surface area contributed by atoms with Crippen molar-refractivity contribution in [1.29, 1.82) is 0 Å². The van der Waals surface area contributed by atoms with Gasteiger partial charge in [-0.15, -0.1) is 0 Å². The largest absolute Gasteiger partial charge is 0.252 e. The summed E-state index contributed by atoms with van der Waals surface area (Å²) in [5.74, 6) is -2.62. The Hall–Kier alpha value is -1.44. The van der Waals surface area contributed by atoms with Crippen molar-refractivity contribution < 1.29 is 8.78 Å². The van der Waals surface area contributed by atoms with Crippen molar-refractivity contribution in [1.82, 2.24) is 0 Å². The summed E-state index contributed by atoms with van der Waals surface area (Å²) < 4.78 is 28.1. The normalized spacial score (nSPS) is 11.9. The van der Waals surface area contributed by atoms with Crippen LogP contribution in [-0.4, -0.2) is 5.92 Å². The van der Waals surface area contributed by atoms with Crippen molar-refractivity contribution in [3.63, 3.8) is 0 Å². The van der Waals surface area contributed by atoms with Crippen LogP contribution >= 0.6 is 0 Å². The highest BCUT2D eigenvalue weighted by molar-refractivity contribution is 5.85. The van der Waals surface area contributed by atoms with Gasteiger partial charge in [0.05, 0.1) is 0 Å². The molecule has 0 aliphatic heterocycles. The lowest BCUT2D eigenvalue weighted by molar-refractivity contribution is -0.00916. The number of hydrogen-bond acceptors (Lipinski definition) is 0. The van der Waals surface area contributed by atoms with Gasteiger partial charge in [0.25, 0.3) is 5.92 Å². The second kappa shape index (κ2) is 6.83. The second-order valence-electron chi connectivity index (χ2n) is 5.34. The lowest BCUT2D eigenvalue weighted by Gasteiger charge is -2.17. The molecule has 2 rings (SSSR count). The Bertz CT molecular complexity index is 541. The third-order valence-corrected chi connectivity index (χ3v) is 3.62. The van der Waals surface area contributed by atoms with Gasteiger partial charge in [-0.25, -0.2) is 8.78 Å². The summed E-state index contributed by atoms with van der Waals surface area (Å²) >= 11 is 0. The number of fused-ring (bicyclic) bond motifs is 1. The third kappa shape index (κ3) is 4.03. The Morgan fingerprint density at radius 1 is 0.900 bits per heavy atom. The minimum Gasteiger partial charge on any atom is -0.207 e. The van der Waals surface area contributed by atoms with Crippen LogP contribution in [0.15, 0.2) is 42.5 Å². The van der Waals surface area contributed by atoms with Crippen molar-refractivity contribution in [2.24, 2.45) is 0 Å². The van der Waals surface area contributed by atoms with Crippen LogP contribution in [-0.2, 0) is 6.42 Å². The van der Waals surface area contributed by atoms with Gasteiger partial charge < -0.3 is 0 Å². The SMILES string of the molecule is [CH2]CCCCCC(F)(F)Cc1cccc2ccccc12. The van der Waals surface area contributed by atoms with Gasteiger partial charge in [-0.1, -0.05) is 68.7 Å². The molecule has 0 fully saturated rings. The van der Waals surface area contributed by atoms with Crippen molar-refractivity contribution >= 4 is 10.8 Å². The standard InChI is InChI=1S/C18H21F2/c1-2-3-4-7-13-18(19,20)14-16-11-8-10-15-9-5-6-12-17(15)16/h5-6,8-12H,1-4,7,13-14H2. The molecular weight excluding hydrogens is 254 g/mol. The summed E-state index contributed by atoms with van der Waals surface area (Å²) in [7, 11) is 0. The number of halogens is 2. The minimum absolute atomic E-state index is 0.0315. The maximum Gasteiger partial charge on any atom is 0.252 e. The van der Waals surface area contributed by atoms with Gasteiger partial charge in [0, 0.05) is 12.8 Å². The Labute approximate surface area is 119 Å². The molecule has 2 aromatic carbocycles. The Morgan fingerprint density at radius 2 is 1.65 bits per heavy atom. The quantitative estimate of drug-likeness (QED) is 0.560. The van der Waals surface area contributed by atoms with Gasteiger partial charge in [0.1, 0.15) is 0 Å². The van der Waals surface area contributed by atoms with E-state index in [0.29, 0.717) is 6.42 Å². The van der Waals surface area contributed by atoms with Crippen molar-refractivity contribution in [3.8, 4) is 0 Å². The number of alkyl halides is 2. The summed E-state index contributed by atoms with van der Waals surface area (Å²) in [4.78, 5) is 0. The molecule has 1 radical (unpaired) electrons. The molecule has 0 saturated carbocycles. The van der Waals surface area contributed by atoms with E-state index in [1.165, 1.54) is 0 Å². The average Bonchev–Trinajstić information content (AvgIpc) is 2.44. The zero-order valence-electron chi connectivity index (χ0n) is 11.7. The van der Waals surface area contributed by atoms with Crippen molar-refractivity contribution in [3.05, 3.63) is 55.0 Å². The van der Waals surface area contributed by atoms with Gasteiger partial charge in [-0.3, -0.25) is 0 Å². The van der Waals surface area contributed by atoms with E-state index in [4.69, 9.17) is 0 Å². The van der Waals surface area contributed by atoms with Crippen LogP contribution < -0.4 is 0 Å². The molecule has 0 atom stereocenters. The number of hydrogen-bond donors (Lipinski definition) is 0. The topological polar surface area (TPSA) is 0 Å². The van der Waals surface area contributed by atoms with E-state index >= 15 is 0 Å². The van der Waals surface area contributed by atoms with Gasteiger partial charge in [-0.2, -0.15) is 0 Å². The molecule has 0 nitrogen and oxygen atoms in total. The third-order valence-electron chi connectivity index (χ3n) is 3.62. The van der Waals surface area contributed by atoms with Crippen LogP contribution in [0.5, 0.6) is 0 Å². The van der Waals surface area contributed by atoms with Crippen LogP contribution in [0.25, 0.3) is 10.8 Å². The number of rotatable bonds is 7. The van der Waals surface area contributed by atoms with Gasteiger partial charge in [-0.05, 0) is 22.8 Å². The second-order valence-corrected chi connectivity index (χ2v) is 5.34. The highest BCUT2D eigenvalue weighted by Crippen LogP contribution is 2.30. The minimum atomic E-state index is -2.62. The van der Waals surface area contributed by atoms with Crippen LogP contribution in [0.3, 0.4) is 0 Å². The molecule has 0 aliphatic rings.